The number of aliphatic hydroxyl groups excluding tert-OH is 1. The number of hydrogen-bond donors (Lipinski definition) is 2. The van der Waals surface area contributed by atoms with Crippen molar-refractivity contribution in [2.75, 3.05) is 0 Å². The zero-order valence-electron chi connectivity index (χ0n) is 18.1. The van der Waals surface area contributed by atoms with Crippen LogP contribution in [0.3, 0.4) is 0 Å². The fourth-order valence-corrected chi connectivity index (χ4v) is 7.93. The predicted octanol–water partition coefficient (Wildman–Crippen LogP) is 1.57. The molecule has 3 fully saturated rings. The summed E-state index contributed by atoms with van der Waals surface area (Å²) in [6.45, 7) is 6.42. The Morgan fingerprint density at radius 2 is 1.87 bits per heavy atom. The van der Waals surface area contributed by atoms with Crippen LogP contribution in [0.1, 0.15) is 72.1 Å². The predicted molar refractivity (Wildman–Crippen MR) is 107 cm³/mol. The number of fused-ring (bicyclic) bond motifs is 5. The molecule has 2 N–H and O–H groups in total. The van der Waals surface area contributed by atoms with Crippen LogP contribution < -0.4 is 5.11 Å². The van der Waals surface area contributed by atoms with Gasteiger partial charge in [-0.2, -0.15) is 0 Å². The Labute approximate surface area is 177 Å². The third kappa shape index (κ3) is 2.86. The van der Waals surface area contributed by atoms with Crippen molar-refractivity contribution >= 4 is 17.5 Å². The number of ketones is 2. The summed E-state index contributed by atoms with van der Waals surface area (Å²) in [5.74, 6) is -0.867. The molecule has 0 spiro atoms. The molecule has 6 nitrogen and oxygen atoms in total. The molecule has 0 aromatic heterocycles. The highest BCUT2D eigenvalue weighted by Gasteiger charge is 2.67. The van der Waals surface area contributed by atoms with Crippen LogP contribution in [-0.2, 0) is 14.4 Å². The first-order valence-electron chi connectivity index (χ1n) is 11.3. The Bertz CT molecular complexity index is 817. The van der Waals surface area contributed by atoms with Gasteiger partial charge in [0.05, 0.1) is 0 Å². The Balaban J connectivity index is 1.65. The number of hydrogen-bond acceptors (Lipinski definition) is 6. The minimum absolute atomic E-state index is 0.0171. The van der Waals surface area contributed by atoms with Crippen LogP contribution in [-0.4, -0.2) is 39.5 Å². The number of Topliss-reactive ketones (excluding diaryl/α,β-unsaturated/α-hetero) is 1. The molecule has 4 aliphatic rings. The number of carbonyl (C=O) groups excluding carboxylic acids is 3. The van der Waals surface area contributed by atoms with E-state index >= 15 is 0 Å². The van der Waals surface area contributed by atoms with Gasteiger partial charge in [-0.15, -0.1) is 0 Å². The lowest BCUT2D eigenvalue weighted by Gasteiger charge is -2.60. The second kappa shape index (κ2) is 6.99. The summed E-state index contributed by atoms with van der Waals surface area (Å²) in [5, 5.41) is 32.5. The fourth-order valence-electron chi connectivity index (χ4n) is 7.93. The Morgan fingerprint density at radius 3 is 2.53 bits per heavy atom. The van der Waals surface area contributed by atoms with Crippen LogP contribution in [0.2, 0.25) is 0 Å². The van der Waals surface area contributed by atoms with Crippen LogP contribution in [0.5, 0.6) is 0 Å². The molecular weight excluding hydrogens is 384 g/mol. The smallest absolute Gasteiger partial charge is 0.193 e. The van der Waals surface area contributed by atoms with Crippen molar-refractivity contribution in [2.24, 2.45) is 34.5 Å². The van der Waals surface area contributed by atoms with E-state index in [-0.39, 0.29) is 29.5 Å². The van der Waals surface area contributed by atoms with Crippen molar-refractivity contribution in [2.45, 2.75) is 83.8 Å². The van der Waals surface area contributed by atoms with E-state index in [4.69, 9.17) is 0 Å². The molecule has 4 rings (SSSR count). The van der Waals surface area contributed by atoms with Gasteiger partial charge in [-0.05, 0) is 73.7 Å². The van der Waals surface area contributed by atoms with Gasteiger partial charge in [0, 0.05) is 24.2 Å². The Hall–Kier alpha value is -1.53. The van der Waals surface area contributed by atoms with Crippen LogP contribution in [0.25, 0.3) is 0 Å². The summed E-state index contributed by atoms with van der Waals surface area (Å²) >= 11 is 0. The summed E-state index contributed by atoms with van der Waals surface area (Å²) in [6.07, 6.45) is 4.19. The molecule has 6 heteroatoms. The molecule has 0 heterocycles. The molecule has 30 heavy (non-hydrogen) atoms. The molecule has 0 bridgehead atoms. The van der Waals surface area contributed by atoms with E-state index in [1.165, 1.54) is 5.57 Å². The summed E-state index contributed by atoms with van der Waals surface area (Å²) in [5.41, 5.74) is -1.13. The van der Waals surface area contributed by atoms with Crippen molar-refractivity contribution in [3.63, 3.8) is 0 Å². The van der Waals surface area contributed by atoms with Gasteiger partial charge in [-0.25, -0.2) is 0 Å². The fraction of sp³-hybridized carbons (Fsp3) is 0.792. The number of aliphatic hydroxyl groups is 2. The SMILES string of the molecule is C[C@H]1C[C@@H]2[C@H](CC[C@@]3(C)[C@H]2CC[C@]3(O)C(=O)C(O)CC(=O)[O-])[C@@]2(C)CCC(=O)C=C12. The lowest BCUT2D eigenvalue weighted by molar-refractivity contribution is -0.307. The van der Waals surface area contributed by atoms with Gasteiger partial charge in [0.15, 0.2) is 11.6 Å². The van der Waals surface area contributed by atoms with E-state index in [0.717, 1.165) is 19.3 Å². The van der Waals surface area contributed by atoms with E-state index in [0.29, 0.717) is 31.1 Å². The number of rotatable bonds is 4. The zero-order chi connectivity index (χ0) is 22.1. The summed E-state index contributed by atoms with van der Waals surface area (Å²) < 4.78 is 0. The average molecular weight is 418 g/mol. The highest BCUT2D eigenvalue weighted by Crippen LogP contribution is 2.68. The molecule has 0 aromatic rings. The number of aliphatic carboxylic acids is 1. The second-order valence-electron chi connectivity index (χ2n) is 10.8. The van der Waals surface area contributed by atoms with Gasteiger partial charge in [-0.1, -0.05) is 26.3 Å². The first-order chi connectivity index (χ1) is 13.9. The first-order valence-corrected chi connectivity index (χ1v) is 11.3. The quantitative estimate of drug-likeness (QED) is 0.717. The average Bonchev–Trinajstić information content (AvgIpc) is 2.94. The largest absolute Gasteiger partial charge is 0.550 e. The molecule has 4 aliphatic carbocycles. The van der Waals surface area contributed by atoms with Crippen LogP contribution in [0.15, 0.2) is 11.6 Å². The summed E-state index contributed by atoms with van der Waals surface area (Å²) in [4.78, 5) is 35.9. The van der Waals surface area contributed by atoms with E-state index in [1.54, 1.807) is 0 Å². The number of carboxylic acid groups (broad SMARTS) is 1. The normalized spacial score (nSPS) is 46.3. The zero-order valence-corrected chi connectivity index (χ0v) is 18.1. The van der Waals surface area contributed by atoms with Crippen molar-refractivity contribution < 1.29 is 29.7 Å². The second-order valence-corrected chi connectivity index (χ2v) is 10.8. The van der Waals surface area contributed by atoms with Gasteiger partial charge in [0.2, 0.25) is 0 Å². The number of carbonyl (C=O) groups is 3. The topological polar surface area (TPSA) is 115 Å². The minimum atomic E-state index is -1.74. The number of carboxylic acids is 1. The van der Waals surface area contributed by atoms with Gasteiger partial charge in [0.25, 0.3) is 0 Å². The Kier molecular flexibility index (Phi) is 5.06. The lowest BCUT2D eigenvalue weighted by Crippen LogP contribution is -2.60. The van der Waals surface area contributed by atoms with E-state index in [1.807, 2.05) is 13.0 Å². The molecule has 166 valence electrons. The van der Waals surface area contributed by atoms with Crippen molar-refractivity contribution in [3.05, 3.63) is 11.6 Å². The monoisotopic (exact) mass is 417 g/mol. The first kappa shape index (κ1) is 21.7. The lowest BCUT2D eigenvalue weighted by atomic mass is 9.44. The summed E-state index contributed by atoms with van der Waals surface area (Å²) in [7, 11) is 0. The van der Waals surface area contributed by atoms with Crippen LogP contribution >= 0.6 is 0 Å². The molecule has 0 amide bonds. The Morgan fingerprint density at radius 1 is 1.20 bits per heavy atom. The third-order valence-electron chi connectivity index (χ3n) is 9.50. The van der Waals surface area contributed by atoms with Crippen LogP contribution in [0, 0.1) is 34.5 Å². The van der Waals surface area contributed by atoms with E-state index in [9.17, 15) is 29.7 Å². The molecule has 8 atom stereocenters. The summed E-state index contributed by atoms with van der Waals surface area (Å²) in [6, 6.07) is 0. The van der Waals surface area contributed by atoms with Gasteiger partial charge in [-0.3, -0.25) is 9.59 Å². The maximum absolute atomic E-state index is 13.0. The van der Waals surface area contributed by atoms with E-state index in [2.05, 4.69) is 13.8 Å². The minimum Gasteiger partial charge on any atom is -0.550 e. The van der Waals surface area contributed by atoms with E-state index < -0.39 is 35.3 Å². The maximum atomic E-state index is 13.0. The van der Waals surface area contributed by atoms with Crippen LogP contribution in [0.4, 0.5) is 0 Å². The maximum Gasteiger partial charge on any atom is 0.193 e. The highest BCUT2D eigenvalue weighted by atomic mass is 16.4. The molecule has 0 radical (unpaired) electrons. The molecular formula is C24H33O6-. The van der Waals surface area contributed by atoms with Gasteiger partial charge < -0.3 is 20.1 Å². The molecule has 3 saturated carbocycles. The van der Waals surface area contributed by atoms with Crippen molar-refractivity contribution in [3.8, 4) is 0 Å². The van der Waals surface area contributed by atoms with Gasteiger partial charge in [0.1, 0.15) is 11.7 Å². The molecule has 0 aromatic carbocycles. The standard InChI is InChI=1S/C24H34O6/c1-13-10-15-16(22(2)7-4-14(25)11-18(13)22)5-8-23(3)17(15)6-9-24(23,30)21(29)19(26)12-20(27)28/h11,13,15-17,19,26,30H,4-10,12H2,1-3H3,(H,27,28)/p-1/t13-,15+,16-,17-,19?,22+,23-,24-/m0/s1. The molecule has 0 aliphatic heterocycles. The highest BCUT2D eigenvalue weighted by molar-refractivity contribution is 5.94. The molecule has 0 saturated heterocycles. The third-order valence-corrected chi connectivity index (χ3v) is 9.50. The number of allylic oxidation sites excluding steroid dienone is 1. The molecule has 1 unspecified atom stereocenters. The van der Waals surface area contributed by atoms with Crippen molar-refractivity contribution in [1.82, 2.24) is 0 Å². The van der Waals surface area contributed by atoms with Crippen molar-refractivity contribution in [1.29, 1.82) is 0 Å². The van der Waals surface area contributed by atoms with Gasteiger partial charge >= 0.3 is 0 Å².